The topological polar surface area (TPSA) is 36.4 Å². The molecule has 1 aromatic heterocycles. The van der Waals surface area contributed by atoms with Gasteiger partial charge in [0.25, 0.3) is 5.91 Å². The van der Waals surface area contributed by atoms with Crippen LogP contribution in [0.2, 0.25) is 0 Å². The molecule has 144 valence electrons. The third kappa shape index (κ3) is 5.16. The zero-order valence-electron chi connectivity index (χ0n) is 15.0. The number of para-hydroxylation sites is 1. The highest BCUT2D eigenvalue weighted by molar-refractivity contribution is 14.1. The third-order valence-corrected chi connectivity index (χ3v) is 5.91. The SMILES string of the molecule is CN(C)CCCN(C(=O)c1ccccc1I)c1nc2c(F)cccc2s1.Cl. The van der Waals surface area contributed by atoms with E-state index in [0.717, 1.165) is 21.2 Å². The lowest BCUT2D eigenvalue weighted by Crippen LogP contribution is -2.33. The van der Waals surface area contributed by atoms with Crippen molar-refractivity contribution < 1.29 is 9.18 Å². The number of hydrogen-bond donors (Lipinski definition) is 0. The number of carbonyl (C=O) groups excluding carboxylic acids is 1. The van der Waals surface area contributed by atoms with Gasteiger partial charge in [-0.25, -0.2) is 9.37 Å². The minimum atomic E-state index is -0.361. The molecular formula is C19H20ClFIN3OS. The quantitative estimate of drug-likeness (QED) is 0.427. The fourth-order valence-electron chi connectivity index (χ4n) is 2.63. The molecule has 3 rings (SSSR count). The molecule has 0 N–H and O–H groups in total. The van der Waals surface area contributed by atoms with E-state index < -0.39 is 0 Å². The first kappa shape index (κ1) is 22.0. The second-order valence-corrected chi connectivity index (χ2v) is 8.35. The predicted octanol–water partition coefficient (Wildman–Crippen LogP) is 5.06. The van der Waals surface area contributed by atoms with Crippen molar-refractivity contribution in [3.8, 4) is 0 Å². The van der Waals surface area contributed by atoms with E-state index in [1.807, 2.05) is 44.4 Å². The van der Waals surface area contributed by atoms with Crippen molar-refractivity contribution in [1.82, 2.24) is 9.88 Å². The van der Waals surface area contributed by atoms with Gasteiger partial charge in [0.05, 0.1) is 10.3 Å². The van der Waals surface area contributed by atoms with Gasteiger partial charge in [0, 0.05) is 10.1 Å². The Balaban J connectivity index is 0.00000261. The first-order valence-corrected chi connectivity index (χ1v) is 10.1. The summed E-state index contributed by atoms with van der Waals surface area (Å²) in [5.41, 5.74) is 0.957. The van der Waals surface area contributed by atoms with Crippen molar-refractivity contribution >= 4 is 67.6 Å². The number of halogens is 3. The lowest BCUT2D eigenvalue weighted by molar-refractivity contribution is 0.0985. The molecule has 0 atom stereocenters. The second-order valence-electron chi connectivity index (χ2n) is 6.18. The van der Waals surface area contributed by atoms with E-state index in [0.29, 0.717) is 22.8 Å². The van der Waals surface area contributed by atoms with Crippen LogP contribution in [0.4, 0.5) is 9.52 Å². The molecule has 0 spiro atoms. The van der Waals surface area contributed by atoms with Crippen LogP contribution in [0.3, 0.4) is 0 Å². The minimum Gasteiger partial charge on any atom is -0.309 e. The Bertz CT molecular complexity index is 934. The van der Waals surface area contributed by atoms with Crippen LogP contribution >= 0.6 is 46.3 Å². The van der Waals surface area contributed by atoms with Crippen molar-refractivity contribution in [3.63, 3.8) is 0 Å². The standard InChI is InChI=1S/C19H19FIN3OS.ClH/c1-23(2)11-6-12-24(18(25)13-7-3-4-9-15(13)21)19-22-17-14(20)8-5-10-16(17)26-19;/h3-5,7-10H,6,11-12H2,1-2H3;1H. The van der Waals surface area contributed by atoms with Crippen LogP contribution in [0.25, 0.3) is 10.2 Å². The van der Waals surface area contributed by atoms with E-state index in [2.05, 4.69) is 32.5 Å². The Kier molecular flexibility index (Phi) is 7.96. The van der Waals surface area contributed by atoms with Crippen LogP contribution in [-0.4, -0.2) is 43.0 Å². The highest BCUT2D eigenvalue weighted by atomic mass is 127. The molecule has 3 aromatic rings. The third-order valence-electron chi connectivity index (χ3n) is 3.93. The summed E-state index contributed by atoms with van der Waals surface area (Å²) < 4.78 is 15.7. The molecule has 8 heteroatoms. The average Bonchev–Trinajstić information content (AvgIpc) is 3.03. The van der Waals surface area contributed by atoms with Gasteiger partial charge >= 0.3 is 0 Å². The van der Waals surface area contributed by atoms with Crippen molar-refractivity contribution in [2.24, 2.45) is 0 Å². The lowest BCUT2D eigenvalue weighted by Gasteiger charge is -2.21. The summed E-state index contributed by atoms with van der Waals surface area (Å²) in [6.45, 7) is 1.39. The number of thiazole rings is 1. The lowest BCUT2D eigenvalue weighted by atomic mass is 10.2. The van der Waals surface area contributed by atoms with Crippen LogP contribution in [-0.2, 0) is 0 Å². The van der Waals surface area contributed by atoms with Crippen LogP contribution in [0.1, 0.15) is 16.8 Å². The Morgan fingerprint density at radius 1 is 1.15 bits per heavy atom. The van der Waals surface area contributed by atoms with E-state index in [4.69, 9.17) is 0 Å². The van der Waals surface area contributed by atoms with Gasteiger partial charge in [0.2, 0.25) is 0 Å². The Labute approximate surface area is 181 Å². The Morgan fingerprint density at radius 2 is 1.89 bits per heavy atom. The molecule has 0 radical (unpaired) electrons. The summed E-state index contributed by atoms with van der Waals surface area (Å²) in [5, 5.41) is 0.536. The summed E-state index contributed by atoms with van der Waals surface area (Å²) >= 11 is 3.51. The molecular weight excluding hydrogens is 500 g/mol. The molecule has 4 nitrogen and oxygen atoms in total. The van der Waals surface area contributed by atoms with E-state index in [-0.39, 0.29) is 24.1 Å². The molecule has 0 saturated heterocycles. The number of fused-ring (bicyclic) bond motifs is 1. The number of amides is 1. The van der Waals surface area contributed by atoms with Crippen molar-refractivity contribution in [2.45, 2.75) is 6.42 Å². The second kappa shape index (κ2) is 9.77. The van der Waals surface area contributed by atoms with Gasteiger partial charge < -0.3 is 4.90 Å². The number of carbonyl (C=O) groups is 1. The average molecular weight is 520 g/mol. The van der Waals surface area contributed by atoms with Gasteiger partial charge in [-0.3, -0.25) is 9.69 Å². The van der Waals surface area contributed by atoms with Gasteiger partial charge in [-0.1, -0.05) is 29.5 Å². The minimum absolute atomic E-state index is 0. The fraction of sp³-hybridized carbons (Fsp3) is 0.263. The fourth-order valence-corrected chi connectivity index (χ4v) is 4.25. The predicted molar refractivity (Wildman–Crippen MR) is 121 cm³/mol. The number of benzene rings is 2. The monoisotopic (exact) mass is 519 g/mol. The molecule has 0 aliphatic heterocycles. The van der Waals surface area contributed by atoms with Crippen LogP contribution in [0.5, 0.6) is 0 Å². The Morgan fingerprint density at radius 3 is 2.56 bits per heavy atom. The van der Waals surface area contributed by atoms with E-state index in [1.165, 1.54) is 17.4 Å². The van der Waals surface area contributed by atoms with Gasteiger partial charge in [0.1, 0.15) is 11.3 Å². The first-order valence-electron chi connectivity index (χ1n) is 8.23. The largest absolute Gasteiger partial charge is 0.309 e. The van der Waals surface area contributed by atoms with Crippen molar-refractivity contribution in [1.29, 1.82) is 0 Å². The summed E-state index contributed by atoms with van der Waals surface area (Å²) in [6, 6.07) is 12.4. The molecule has 1 heterocycles. The summed E-state index contributed by atoms with van der Waals surface area (Å²) in [5.74, 6) is -0.465. The number of rotatable bonds is 6. The number of hydrogen-bond acceptors (Lipinski definition) is 4. The van der Waals surface area contributed by atoms with Gasteiger partial charge in [-0.2, -0.15) is 0 Å². The molecule has 0 saturated carbocycles. The number of nitrogens with zero attached hydrogens (tertiary/aromatic N) is 3. The van der Waals surface area contributed by atoms with Crippen molar-refractivity contribution in [3.05, 3.63) is 57.4 Å². The first-order chi connectivity index (χ1) is 12.5. The summed E-state index contributed by atoms with van der Waals surface area (Å²) in [7, 11) is 4.00. The number of aromatic nitrogens is 1. The van der Waals surface area contributed by atoms with Gasteiger partial charge in [0.15, 0.2) is 5.13 Å². The maximum atomic E-state index is 14.0. The van der Waals surface area contributed by atoms with Crippen molar-refractivity contribution in [2.75, 3.05) is 32.1 Å². The highest BCUT2D eigenvalue weighted by Crippen LogP contribution is 2.31. The zero-order valence-corrected chi connectivity index (χ0v) is 18.8. The Hall–Kier alpha value is -1.29. The van der Waals surface area contributed by atoms with E-state index >= 15 is 0 Å². The molecule has 27 heavy (non-hydrogen) atoms. The van der Waals surface area contributed by atoms with E-state index in [9.17, 15) is 9.18 Å². The molecule has 0 aliphatic carbocycles. The zero-order chi connectivity index (χ0) is 18.7. The normalized spacial score (nSPS) is 10.9. The smallest absolute Gasteiger partial charge is 0.261 e. The van der Waals surface area contributed by atoms with Gasteiger partial charge in [-0.15, -0.1) is 12.4 Å². The molecule has 2 aromatic carbocycles. The molecule has 1 amide bonds. The van der Waals surface area contributed by atoms with Crippen LogP contribution < -0.4 is 4.90 Å². The van der Waals surface area contributed by atoms with Crippen LogP contribution in [0, 0.1) is 9.39 Å². The molecule has 0 aliphatic rings. The van der Waals surface area contributed by atoms with Gasteiger partial charge in [-0.05, 0) is 73.9 Å². The highest BCUT2D eigenvalue weighted by Gasteiger charge is 2.23. The van der Waals surface area contributed by atoms with E-state index in [1.54, 1.807) is 11.0 Å². The molecule has 0 bridgehead atoms. The maximum absolute atomic E-state index is 14.0. The summed E-state index contributed by atoms with van der Waals surface area (Å²) in [6.07, 6.45) is 0.806. The number of anilines is 1. The molecule has 0 unspecified atom stereocenters. The molecule has 0 fully saturated rings. The summed E-state index contributed by atoms with van der Waals surface area (Å²) in [4.78, 5) is 21.4. The maximum Gasteiger partial charge on any atom is 0.261 e. The van der Waals surface area contributed by atoms with Crippen LogP contribution in [0.15, 0.2) is 42.5 Å².